The summed E-state index contributed by atoms with van der Waals surface area (Å²) in [6.07, 6.45) is 0.996. The normalized spacial score (nSPS) is 10.4. The standard InChI is InChI=1S/C13H14ClN3OS/c14-11-4-2-1-3-9(11)7-16-12(18)6-5-10-8-19-13(15)17-10/h1-4,8H,5-7H2,(H2,15,17)(H,16,18). The van der Waals surface area contributed by atoms with Gasteiger partial charge in [0.1, 0.15) is 0 Å². The summed E-state index contributed by atoms with van der Waals surface area (Å²) in [6, 6.07) is 7.45. The van der Waals surface area contributed by atoms with Gasteiger partial charge in [-0.2, -0.15) is 0 Å². The lowest BCUT2D eigenvalue weighted by Gasteiger charge is -2.06. The number of aromatic nitrogens is 1. The van der Waals surface area contributed by atoms with Crippen LogP contribution in [0.15, 0.2) is 29.6 Å². The molecule has 0 unspecified atom stereocenters. The second-order valence-corrected chi connectivity index (χ2v) is 5.34. The monoisotopic (exact) mass is 295 g/mol. The van der Waals surface area contributed by atoms with Gasteiger partial charge in [0.2, 0.25) is 5.91 Å². The Morgan fingerprint density at radius 3 is 2.89 bits per heavy atom. The van der Waals surface area contributed by atoms with Crippen LogP contribution in [0.4, 0.5) is 5.13 Å². The number of nitrogens with one attached hydrogen (secondary N) is 1. The van der Waals surface area contributed by atoms with E-state index in [1.807, 2.05) is 23.6 Å². The maximum atomic E-state index is 11.7. The van der Waals surface area contributed by atoms with Crippen molar-refractivity contribution in [2.45, 2.75) is 19.4 Å². The molecule has 3 N–H and O–H groups in total. The highest BCUT2D eigenvalue weighted by molar-refractivity contribution is 7.13. The number of benzene rings is 1. The Kier molecular flexibility index (Phi) is 4.76. The number of nitrogen functional groups attached to an aromatic ring is 1. The molecule has 1 amide bonds. The molecule has 0 saturated heterocycles. The molecule has 0 aliphatic carbocycles. The van der Waals surface area contributed by atoms with Crippen LogP contribution in [0.1, 0.15) is 17.7 Å². The Morgan fingerprint density at radius 1 is 1.42 bits per heavy atom. The Balaban J connectivity index is 1.77. The number of hydrogen-bond acceptors (Lipinski definition) is 4. The smallest absolute Gasteiger partial charge is 0.220 e. The lowest BCUT2D eigenvalue weighted by molar-refractivity contribution is -0.121. The summed E-state index contributed by atoms with van der Waals surface area (Å²) in [5.74, 6) is -0.0218. The van der Waals surface area contributed by atoms with Gasteiger partial charge in [-0.15, -0.1) is 11.3 Å². The zero-order valence-corrected chi connectivity index (χ0v) is 11.8. The number of aryl methyl sites for hydroxylation is 1. The van der Waals surface area contributed by atoms with Crippen LogP contribution in [0.5, 0.6) is 0 Å². The highest BCUT2D eigenvalue weighted by atomic mass is 35.5. The summed E-state index contributed by atoms with van der Waals surface area (Å²) in [7, 11) is 0. The molecular formula is C13H14ClN3OS. The summed E-state index contributed by atoms with van der Waals surface area (Å²) in [5.41, 5.74) is 7.30. The van der Waals surface area contributed by atoms with Gasteiger partial charge in [0, 0.05) is 23.4 Å². The summed E-state index contributed by atoms with van der Waals surface area (Å²) in [5, 5.41) is 5.91. The van der Waals surface area contributed by atoms with Crippen molar-refractivity contribution in [2.24, 2.45) is 0 Å². The third-order valence-corrected chi connectivity index (χ3v) is 3.70. The van der Waals surface area contributed by atoms with Crippen molar-refractivity contribution in [3.8, 4) is 0 Å². The molecule has 0 aliphatic heterocycles. The molecule has 0 radical (unpaired) electrons. The maximum Gasteiger partial charge on any atom is 0.220 e. The van der Waals surface area contributed by atoms with Crippen molar-refractivity contribution in [3.05, 3.63) is 45.9 Å². The zero-order valence-electron chi connectivity index (χ0n) is 10.2. The van der Waals surface area contributed by atoms with Crippen LogP contribution >= 0.6 is 22.9 Å². The highest BCUT2D eigenvalue weighted by Gasteiger charge is 2.06. The number of carbonyl (C=O) groups is 1. The van der Waals surface area contributed by atoms with Gasteiger partial charge in [-0.25, -0.2) is 4.98 Å². The second-order valence-electron chi connectivity index (χ2n) is 4.05. The third kappa shape index (κ3) is 4.22. The number of carbonyl (C=O) groups excluding carboxylic acids is 1. The molecule has 0 saturated carbocycles. The number of nitrogens with two attached hydrogens (primary N) is 1. The van der Waals surface area contributed by atoms with Crippen LogP contribution in [0.25, 0.3) is 0 Å². The SMILES string of the molecule is Nc1nc(CCC(=O)NCc2ccccc2Cl)cs1. The molecular weight excluding hydrogens is 282 g/mol. The minimum absolute atomic E-state index is 0.0218. The van der Waals surface area contributed by atoms with Crippen molar-refractivity contribution >= 4 is 34.0 Å². The van der Waals surface area contributed by atoms with Gasteiger partial charge in [0.05, 0.1) is 5.69 Å². The number of halogens is 1. The molecule has 0 fully saturated rings. The van der Waals surface area contributed by atoms with Crippen molar-refractivity contribution in [3.63, 3.8) is 0 Å². The van der Waals surface area contributed by atoms with Crippen LogP contribution in [0, 0.1) is 0 Å². The van der Waals surface area contributed by atoms with E-state index in [-0.39, 0.29) is 5.91 Å². The minimum atomic E-state index is -0.0218. The summed E-state index contributed by atoms with van der Waals surface area (Å²) in [4.78, 5) is 15.8. The lowest BCUT2D eigenvalue weighted by Crippen LogP contribution is -2.23. The zero-order chi connectivity index (χ0) is 13.7. The fourth-order valence-electron chi connectivity index (χ4n) is 1.60. The van der Waals surface area contributed by atoms with Crippen LogP contribution in [-0.2, 0) is 17.8 Å². The van der Waals surface area contributed by atoms with E-state index < -0.39 is 0 Å². The van der Waals surface area contributed by atoms with E-state index >= 15 is 0 Å². The van der Waals surface area contributed by atoms with E-state index in [9.17, 15) is 4.79 Å². The van der Waals surface area contributed by atoms with E-state index in [1.54, 1.807) is 6.07 Å². The summed E-state index contributed by atoms with van der Waals surface area (Å²) < 4.78 is 0. The molecule has 1 heterocycles. The number of thiazole rings is 1. The molecule has 19 heavy (non-hydrogen) atoms. The molecule has 0 aliphatic rings. The largest absolute Gasteiger partial charge is 0.375 e. The Bertz CT molecular complexity index is 571. The highest BCUT2D eigenvalue weighted by Crippen LogP contribution is 2.15. The lowest BCUT2D eigenvalue weighted by atomic mass is 10.2. The number of rotatable bonds is 5. The molecule has 0 spiro atoms. The van der Waals surface area contributed by atoms with Crippen molar-refractivity contribution < 1.29 is 4.79 Å². The molecule has 0 atom stereocenters. The quantitative estimate of drug-likeness (QED) is 0.891. The molecule has 2 aromatic rings. The predicted octanol–water partition coefficient (Wildman–Crippen LogP) is 2.63. The number of hydrogen-bond donors (Lipinski definition) is 2. The average Bonchev–Trinajstić information content (AvgIpc) is 2.81. The third-order valence-electron chi connectivity index (χ3n) is 2.61. The molecule has 2 rings (SSSR count). The molecule has 6 heteroatoms. The molecule has 4 nitrogen and oxygen atoms in total. The minimum Gasteiger partial charge on any atom is -0.375 e. The van der Waals surface area contributed by atoms with Gasteiger partial charge < -0.3 is 11.1 Å². The van der Waals surface area contributed by atoms with Crippen molar-refractivity contribution in [1.82, 2.24) is 10.3 Å². The first kappa shape index (κ1) is 13.8. The Hall–Kier alpha value is -1.59. The van der Waals surface area contributed by atoms with Gasteiger partial charge in [0.15, 0.2) is 5.13 Å². The predicted molar refractivity (Wildman–Crippen MR) is 78.1 cm³/mol. The van der Waals surface area contributed by atoms with E-state index in [4.69, 9.17) is 17.3 Å². The van der Waals surface area contributed by atoms with Crippen molar-refractivity contribution in [2.75, 3.05) is 5.73 Å². The summed E-state index contributed by atoms with van der Waals surface area (Å²) in [6.45, 7) is 0.442. The van der Waals surface area contributed by atoms with E-state index in [0.717, 1.165) is 11.3 Å². The molecule has 0 bridgehead atoms. The van der Waals surface area contributed by atoms with Crippen LogP contribution in [0.2, 0.25) is 5.02 Å². The summed E-state index contributed by atoms with van der Waals surface area (Å²) >= 11 is 7.40. The first-order valence-electron chi connectivity index (χ1n) is 5.85. The Morgan fingerprint density at radius 2 is 2.21 bits per heavy atom. The molecule has 100 valence electrons. The molecule has 1 aromatic carbocycles. The fraction of sp³-hybridized carbons (Fsp3) is 0.231. The molecule has 1 aromatic heterocycles. The second kappa shape index (κ2) is 6.54. The van der Waals surface area contributed by atoms with Crippen LogP contribution in [-0.4, -0.2) is 10.9 Å². The van der Waals surface area contributed by atoms with E-state index in [1.165, 1.54) is 11.3 Å². The Labute approximate surface area is 120 Å². The maximum absolute atomic E-state index is 11.7. The van der Waals surface area contributed by atoms with Crippen LogP contribution in [0.3, 0.4) is 0 Å². The fourth-order valence-corrected chi connectivity index (χ4v) is 2.40. The van der Waals surface area contributed by atoms with Gasteiger partial charge >= 0.3 is 0 Å². The average molecular weight is 296 g/mol. The van der Waals surface area contributed by atoms with Gasteiger partial charge in [0.25, 0.3) is 0 Å². The van der Waals surface area contributed by atoms with Gasteiger partial charge in [-0.05, 0) is 18.1 Å². The number of nitrogens with zero attached hydrogens (tertiary/aromatic N) is 1. The van der Waals surface area contributed by atoms with Crippen LogP contribution < -0.4 is 11.1 Å². The first-order valence-corrected chi connectivity index (χ1v) is 7.11. The van der Waals surface area contributed by atoms with Gasteiger partial charge in [-0.1, -0.05) is 29.8 Å². The van der Waals surface area contributed by atoms with Crippen molar-refractivity contribution in [1.29, 1.82) is 0 Å². The topological polar surface area (TPSA) is 68.0 Å². The number of anilines is 1. The van der Waals surface area contributed by atoms with E-state index in [2.05, 4.69) is 10.3 Å². The number of amides is 1. The first-order chi connectivity index (χ1) is 9.15. The van der Waals surface area contributed by atoms with Gasteiger partial charge in [-0.3, -0.25) is 4.79 Å². The van der Waals surface area contributed by atoms with E-state index in [0.29, 0.717) is 29.5 Å².